The SMILES string of the molecule is COc1c2c(cc3c1[C@@H](c1nnnn1-c1ccc(C)cc1C)[NH+](C)CC3)OCO2. The highest BCUT2D eigenvalue weighted by Crippen LogP contribution is 2.48. The molecule has 1 N–H and O–H groups in total. The van der Waals surface area contributed by atoms with Crippen LogP contribution in [0.1, 0.15) is 34.1 Å². The summed E-state index contributed by atoms with van der Waals surface area (Å²) in [4.78, 5) is 1.30. The average molecular weight is 394 g/mol. The van der Waals surface area contributed by atoms with Gasteiger partial charge in [0.1, 0.15) is 0 Å². The molecule has 29 heavy (non-hydrogen) atoms. The molecule has 1 aromatic heterocycles. The Bertz CT molecular complexity index is 1090. The van der Waals surface area contributed by atoms with Gasteiger partial charge in [0.15, 0.2) is 17.5 Å². The van der Waals surface area contributed by atoms with Gasteiger partial charge in [-0.05, 0) is 47.5 Å². The molecule has 150 valence electrons. The molecule has 0 bridgehead atoms. The highest BCUT2D eigenvalue weighted by Gasteiger charge is 2.40. The van der Waals surface area contributed by atoms with Crippen molar-refractivity contribution in [1.82, 2.24) is 20.2 Å². The topological polar surface area (TPSA) is 75.7 Å². The van der Waals surface area contributed by atoms with Crippen LogP contribution < -0.4 is 19.1 Å². The second-order valence-electron chi connectivity index (χ2n) is 7.73. The molecule has 0 amide bonds. The Morgan fingerprint density at radius 1 is 1.21 bits per heavy atom. The van der Waals surface area contributed by atoms with Gasteiger partial charge in [-0.3, -0.25) is 0 Å². The predicted molar refractivity (Wildman–Crippen MR) is 105 cm³/mol. The molecule has 3 aromatic rings. The zero-order valence-corrected chi connectivity index (χ0v) is 17.0. The van der Waals surface area contributed by atoms with Crippen molar-refractivity contribution in [3.05, 3.63) is 52.3 Å². The average Bonchev–Trinajstić information content (AvgIpc) is 3.36. The number of aromatic nitrogens is 4. The summed E-state index contributed by atoms with van der Waals surface area (Å²) >= 11 is 0. The lowest BCUT2D eigenvalue weighted by Crippen LogP contribution is -3.10. The van der Waals surface area contributed by atoms with E-state index in [9.17, 15) is 0 Å². The van der Waals surface area contributed by atoms with Crippen molar-refractivity contribution in [2.24, 2.45) is 0 Å². The molecule has 0 saturated carbocycles. The minimum Gasteiger partial charge on any atom is -0.492 e. The molecule has 0 radical (unpaired) electrons. The van der Waals surface area contributed by atoms with Crippen LogP contribution in [0.25, 0.3) is 5.69 Å². The molecule has 2 aliphatic rings. The number of rotatable bonds is 3. The van der Waals surface area contributed by atoms with Crippen LogP contribution in [-0.2, 0) is 6.42 Å². The zero-order chi connectivity index (χ0) is 20.1. The monoisotopic (exact) mass is 394 g/mol. The number of ether oxygens (including phenoxy) is 3. The van der Waals surface area contributed by atoms with E-state index in [2.05, 4.69) is 60.7 Å². The number of nitrogens with one attached hydrogen (secondary N) is 1. The molecule has 8 heteroatoms. The smallest absolute Gasteiger partial charge is 0.231 e. The summed E-state index contributed by atoms with van der Waals surface area (Å²) in [6.07, 6.45) is 0.926. The Morgan fingerprint density at radius 2 is 2.07 bits per heavy atom. The van der Waals surface area contributed by atoms with Crippen molar-refractivity contribution < 1.29 is 19.1 Å². The first-order chi connectivity index (χ1) is 14.1. The number of nitrogens with zero attached hydrogens (tertiary/aromatic N) is 4. The van der Waals surface area contributed by atoms with Gasteiger partial charge in [-0.1, -0.05) is 17.7 Å². The molecule has 2 aromatic carbocycles. The third-order valence-corrected chi connectivity index (χ3v) is 5.85. The maximum atomic E-state index is 5.82. The van der Waals surface area contributed by atoms with E-state index >= 15 is 0 Å². The third-order valence-electron chi connectivity index (χ3n) is 5.85. The van der Waals surface area contributed by atoms with Crippen LogP contribution >= 0.6 is 0 Å². The standard InChI is InChI=1S/C21H23N5O3/c1-12-5-6-15(13(2)9-12)26-21(22-23-24-26)18-17-14(7-8-25(18)3)10-16-19(20(17)27-4)29-11-28-16/h5-6,9-10,18H,7-8,11H2,1-4H3/p+1/t18-/m0/s1. The van der Waals surface area contributed by atoms with E-state index in [0.717, 1.165) is 41.4 Å². The molecule has 8 nitrogen and oxygen atoms in total. The summed E-state index contributed by atoms with van der Waals surface area (Å²) in [6.45, 7) is 5.33. The van der Waals surface area contributed by atoms with Gasteiger partial charge in [0.05, 0.1) is 32.0 Å². The van der Waals surface area contributed by atoms with E-state index in [1.807, 2.05) is 4.68 Å². The number of likely N-dealkylation sites (N-methyl/N-ethyl adjacent to an activating group) is 1. The van der Waals surface area contributed by atoms with Gasteiger partial charge in [0.25, 0.3) is 0 Å². The highest BCUT2D eigenvalue weighted by atomic mass is 16.7. The second-order valence-corrected chi connectivity index (χ2v) is 7.73. The fraction of sp³-hybridized carbons (Fsp3) is 0.381. The van der Waals surface area contributed by atoms with E-state index in [-0.39, 0.29) is 12.8 Å². The number of hydrogen-bond acceptors (Lipinski definition) is 6. The van der Waals surface area contributed by atoms with Gasteiger partial charge < -0.3 is 19.1 Å². The van der Waals surface area contributed by atoms with E-state index in [4.69, 9.17) is 14.2 Å². The molecule has 0 fully saturated rings. The van der Waals surface area contributed by atoms with E-state index in [1.54, 1.807) is 7.11 Å². The first-order valence-corrected chi connectivity index (χ1v) is 9.76. The predicted octanol–water partition coefficient (Wildman–Crippen LogP) is 1.18. The first kappa shape index (κ1) is 17.9. The number of fused-ring (bicyclic) bond motifs is 2. The number of aryl methyl sites for hydroxylation is 2. The lowest BCUT2D eigenvalue weighted by molar-refractivity contribution is -0.909. The molecule has 0 saturated heterocycles. The molecule has 0 aliphatic carbocycles. The summed E-state index contributed by atoms with van der Waals surface area (Å²) in [6, 6.07) is 8.28. The van der Waals surface area contributed by atoms with Gasteiger partial charge in [0.2, 0.25) is 18.4 Å². The molecule has 1 unspecified atom stereocenters. The zero-order valence-electron chi connectivity index (χ0n) is 17.0. The molecule has 5 rings (SSSR count). The molecular weight excluding hydrogens is 370 g/mol. The lowest BCUT2D eigenvalue weighted by Gasteiger charge is -2.32. The Kier molecular flexibility index (Phi) is 4.16. The van der Waals surface area contributed by atoms with Crippen molar-refractivity contribution in [3.8, 4) is 22.9 Å². The van der Waals surface area contributed by atoms with Gasteiger partial charge in [-0.25, -0.2) is 0 Å². The van der Waals surface area contributed by atoms with Crippen LogP contribution in [0.4, 0.5) is 0 Å². The van der Waals surface area contributed by atoms with Crippen molar-refractivity contribution in [1.29, 1.82) is 0 Å². The van der Waals surface area contributed by atoms with Crippen molar-refractivity contribution in [2.45, 2.75) is 26.3 Å². The Labute approximate surface area is 169 Å². The fourth-order valence-corrected chi connectivity index (χ4v) is 4.46. The lowest BCUT2D eigenvalue weighted by atomic mass is 9.90. The van der Waals surface area contributed by atoms with Gasteiger partial charge in [-0.15, -0.1) is 5.10 Å². The molecular formula is C21H24N5O3+. The van der Waals surface area contributed by atoms with Crippen molar-refractivity contribution >= 4 is 0 Å². The number of methoxy groups -OCH3 is 1. The molecule has 0 spiro atoms. The Balaban J connectivity index is 1.71. The minimum atomic E-state index is -0.0843. The van der Waals surface area contributed by atoms with Crippen LogP contribution in [0.5, 0.6) is 17.2 Å². The summed E-state index contributed by atoms with van der Waals surface area (Å²) in [5.41, 5.74) is 5.58. The number of quaternary nitrogens is 1. The van der Waals surface area contributed by atoms with E-state index < -0.39 is 0 Å². The quantitative estimate of drug-likeness (QED) is 0.719. The second kappa shape index (κ2) is 6.73. The number of benzene rings is 2. The van der Waals surface area contributed by atoms with Gasteiger partial charge in [-0.2, -0.15) is 4.68 Å². The Morgan fingerprint density at radius 3 is 2.86 bits per heavy atom. The minimum absolute atomic E-state index is 0.0843. The maximum absolute atomic E-state index is 5.82. The first-order valence-electron chi connectivity index (χ1n) is 9.76. The van der Waals surface area contributed by atoms with Crippen molar-refractivity contribution in [3.63, 3.8) is 0 Å². The largest absolute Gasteiger partial charge is 0.492 e. The van der Waals surface area contributed by atoms with Crippen LogP contribution in [0.3, 0.4) is 0 Å². The molecule has 2 atom stereocenters. The third kappa shape index (κ3) is 2.74. The van der Waals surface area contributed by atoms with Crippen LogP contribution in [-0.4, -0.2) is 47.7 Å². The van der Waals surface area contributed by atoms with Gasteiger partial charge in [0, 0.05) is 6.42 Å². The number of hydrogen-bond donors (Lipinski definition) is 1. The van der Waals surface area contributed by atoms with Crippen LogP contribution in [0, 0.1) is 13.8 Å². The molecule has 3 heterocycles. The summed E-state index contributed by atoms with van der Waals surface area (Å²) in [7, 11) is 3.84. The summed E-state index contributed by atoms with van der Waals surface area (Å²) in [5.74, 6) is 2.91. The molecule has 2 aliphatic heterocycles. The van der Waals surface area contributed by atoms with Crippen LogP contribution in [0.2, 0.25) is 0 Å². The highest BCUT2D eigenvalue weighted by molar-refractivity contribution is 5.62. The summed E-state index contributed by atoms with van der Waals surface area (Å²) in [5, 5.41) is 12.8. The van der Waals surface area contributed by atoms with Crippen molar-refractivity contribution in [2.75, 3.05) is 27.5 Å². The van der Waals surface area contributed by atoms with Crippen LogP contribution in [0.15, 0.2) is 24.3 Å². The normalized spacial score (nSPS) is 19.9. The summed E-state index contributed by atoms with van der Waals surface area (Å²) < 4.78 is 19.0. The Hall–Kier alpha value is -3.13. The number of tetrazole rings is 1. The van der Waals surface area contributed by atoms with Gasteiger partial charge >= 0.3 is 0 Å². The van der Waals surface area contributed by atoms with E-state index in [0.29, 0.717) is 11.5 Å². The maximum Gasteiger partial charge on any atom is 0.231 e. The fourth-order valence-electron chi connectivity index (χ4n) is 4.46. The van der Waals surface area contributed by atoms with E-state index in [1.165, 1.54) is 16.0 Å².